The van der Waals surface area contributed by atoms with Crippen LogP contribution in [0.3, 0.4) is 0 Å². The first-order chi connectivity index (χ1) is 15.4. The van der Waals surface area contributed by atoms with Crippen LogP contribution >= 0.6 is 0 Å². The molecular formula is C25H26N2O5. The van der Waals surface area contributed by atoms with Crippen molar-refractivity contribution in [3.63, 3.8) is 0 Å². The third-order valence-corrected chi connectivity index (χ3v) is 5.01. The number of nitrogens with one attached hydrogen (secondary N) is 2. The molecule has 3 rings (SSSR count). The van der Waals surface area contributed by atoms with Crippen LogP contribution in [-0.4, -0.2) is 35.7 Å². The van der Waals surface area contributed by atoms with Gasteiger partial charge in [0.05, 0.1) is 0 Å². The number of amides is 2. The Morgan fingerprint density at radius 2 is 1.69 bits per heavy atom. The molecule has 0 saturated heterocycles. The Balaban J connectivity index is 1.46. The fourth-order valence-electron chi connectivity index (χ4n) is 3.28. The molecule has 0 fully saturated rings. The SMILES string of the molecule is Cc1ccc2cc(C(=O)N[C@@H](CCCNC(=O)OCc3ccccc3)C(=O)O)ccc2c1. The van der Waals surface area contributed by atoms with Crippen LogP contribution in [0.5, 0.6) is 0 Å². The van der Waals surface area contributed by atoms with Gasteiger partial charge in [-0.3, -0.25) is 4.79 Å². The molecule has 0 spiro atoms. The second-order valence-corrected chi connectivity index (χ2v) is 7.56. The number of aliphatic carboxylic acids is 1. The lowest BCUT2D eigenvalue weighted by molar-refractivity contribution is -0.139. The molecule has 3 N–H and O–H groups in total. The number of rotatable bonds is 9. The molecule has 3 aromatic rings. The Morgan fingerprint density at radius 1 is 0.969 bits per heavy atom. The number of carboxylic acids is 1. The van der Waals surface area contributed by atoms with E-state index in [4.69, 9.17) is 4.74 Å². The number of carbonyl (C=O) groups excluding carboxylic acids is 2. The van der Waals surface area contributed by atoms with E-state index in [2.05, 4.69) is 10.6 Å². The van der Waals surface area contributed by atoms with Crippen molar-refractivity contribution in [3.8, 4) is 0 Å². The van der Waals surface area contributed by atoms with Gasteiger partial charge < -0.3 is 20.5 Å². The van der Waals surface area contributed by atoms with Crippen LogP contribution in [0.25, 0.3) is 10.8 Å². The largest absolute Gasteiger partial charge is 0.480 e. The number of hydrogen-bond acceptors (Lipinski definition) is 4. The number of fused-ring (bicyclic) bond motifs is 1. The fourth-order valence-corrected chi connectivity index (χ4v) is 3.28. The first kappa shape index (κ1) is 22.8. The predicted molar refractivity (Wildman–Crippen MR) is 121 cm³/mol. The Hall–Kier alpha value is -3.87. The average Bonchev–Trinajstić information content (AvgIpc) is 2.79. The summed E-state index contributed by atoms with van der Waals surface area (Å²) in [5.41, 5.74) is 2.40. The molecule has 2 amide bonds. The molecule has 7 nitrogen and oxygen atoms in total. The third kappa shape index (κ3) is 6.57. The van der Waals surface area contributed by atoms with Gasteiger partial charge in [-0.25, -0.2) is 9.59 Å². The van der Waals surface area contributed by atoms with Gasteiger partial charge in [0.2, 0.25) is 0 Å². The van der Waals surface area contributed by atoms with Crippen LogP contribution < -0.4 is 10.6 Å². The highest BCUT2D eigenvalue weighted by atomic mass is 16.5. The molecule has 166 valence electrons. The van der Waals surface area contributed by atoms with Gasteiger partial charge in [-0.15, -0.1) is 0 Å². The predicted octanol–water partition coefficient (Wildman–Crippen LogP) is 4.04. The lowest BCUT2D eigenvalue weighted by atomic mass is 10.0. The Kier molecular flexibility index (Phi) is 7.80. The van der Waals surface area contributed by atoms with E-state index in [0.29, 0.717) is 12.0 Å². The zero-order valence-electron chi connectivity index (χ0n) is 17.8. The molecule has 3 aromatic carbocycles. The summed E-state index contributed by atoms with van der Waals surface area (Å²) in [5, 5.41) is 16.5. The molecule has 32 heavy (non-hydrogen) atoms. The maximum Gasteiger partial charge on any atom is 0.407 e. The molecule has 1 atom stereocenters. The van der Waals surface area contributed by atoms with E-state index in [1.54, 1.807) is 12.1 Å². The van der Waals surface area contributed by atoms with E-state index < -0.39 is 24.0 Å². The second kappa shape index (κ2) is 10.9. The molecule has 0 aliphatic carbocycles. The number of carbonyl (C=O) groups is 3. The Morgan fingerprint density at radius 3 is 2.44 bits per heavy atom. The summed E-state index contributed by atoms with van der Waals surface area (Å²) in [5.74, 6) is -1.57. The molecule has 0 unspecified atom stereocenters. The van der Waals surface area contributed by atoms with Crippen molar-refractivity contribution in [3.05, 3.63) is 83.4 Å². The molecule has 0 aliphatic rings. The van der Waals surface area contributed by atoms with Gasteiger partial charge in [-0.1, -0.05) is 60.2 Å². The molecular weight excluding hydrogens is 408 g/mol. The number of carboxylic acid groups (broad SMARTS) is 1. The average molecular weight is 434 g/mol. The van der Waals surface area contributed by atoms with Crippen LogP contribution in [0.4, 0.5) is 4.79 Å². The summed E-state index contributed by atoms with van der Waals surface area (Å²) in [6, 6.07) is 19.4. The maximum absolute atomic E-state index is 12.6. The minimum Gasteiger partial charge on any atom is -0.480 e. The van der Waals surface area contributed by atoms with E-state index in [0.717, 1.165) is 21.9 Å². The van der Waals surface area contributed by atoms with Crippen LogP contribution in [0.2, 0.25) is 0 Å². The van der Waals surface area contributed by atoms with Crippen LogP contribution in [0.15, 0.2) is 66.7 Å². The van der Waals surface area contributed by atoms with E-state index in [1.165, 1.54) is 0 Å². The lowest BCUT2D eigenvalue weighted by Gasteiger charge is -2.15. The standard InChI is InChI=1S/C25H26N2O5/c1-17-9-10-20-15-21(12-11-19(20)14-17)23(28)27-22(24(29)30)8-5-13-26-25(31)32-16-18-6-3-2-4-7-18/h2-4,6-7,9-12,14-15,22H,5,8,13,16H2,1H3,(H,26,31)(H,27,28)(H,29,30)/t22-/m0/s1. The fraction of sp³-hybridized carbons (Fsp3) is 0.240. The normalized spacial score (nSPS) is 11.5. The van der Waals surface area contributed by atoms with Crippen molar-refractivity contribution in [2.24, 2.45) is 0 Å². The van der Waals surface area contributed by atoms with E-state index in [-0.39, 0.29) is 19.6 Å². The Labute approximate surface area is 186 Å². The van der Waals surface area contributed by atoms with Crippen LogP contribution in [0, 0.1) is 6.92 Å². The number of hydrogen-bond donors (Lipinski definition) is 3. The van der Waals surface area contributed by atoms with Crippen molar-refractivity contribution < 1.29 is 24.2 Å². The maximum atomic E-state index is 12.6. The van der Waals surface area contributed by atoms with Crippen molar-refractivity contribution in [2.75, 3.05) is 6.54 Å². The van der Waals surface area contributed by atoms with Gasteiger partial charge in [0, 0.05) is 12.1 Å². The third-order valence-electron chi connectivity index (χ3n) is 5.01. The van der Waals surface area contributed by atoms with E-state index in [9.17, 15) is 19.5 Å². The van der Waals surface area contributed by atoms with Gasteiger partial charge in [0.15, 0.2) is 0 Å². The summed E-state index contributed by atoms with van der Waals surface area (Å²) in [6.45, 7) is 2.39. The van der Waals surface area contributed by atoms with Gasteiger partial charge in [-0.2, -0.15) is 0 Å². The summed E-state index contributed by atoms with van der Waals surface area (Å²) in [6.07, 6.45) is -0.0298. The molecule has 7 heteroatoms. The molecule has 0 saturated carbocycles. The first-order valence-corrected chi connectivity index (χ1v) is 10.4. The van der Waals surface area contributed by atoms with Crippen molar-refractivity contribution in [1.82, 2.24) is 10.6 Å². The molecule has 0 heterocycles. The molecule has 0 radical (unpaired) electrons. The summed E-state index contributed by atoms with van der Waals surface area (Å²) in [7, 11) is 0. The van der Waals surface area contributed by atoms with Gasteiger partial charge >= 0.3 is 12.1 Å². The van der Waals surface area contributed by atoms with Crippen molar-refractivity contribution >= 4 is 28.7 Å². The van der Waals surface area contributed by atoms with Gasteiger partial charge in [0.1, 0.15) is 12.6 Å². The lowest BCUT2D eigenvalue weighted by Crippen LogP contribution is -2.41. The quantitative estimate of drug-likeness (QED) is 0.441. The number of benzene rings is 3. The highest BCUT2D eigenvalue weighted by Gasteiger charge is 2.20. The van der Waals surface area contributed by atoms with E-state index >= 15 is 0 Å². The summed E-state index contributed by atoms with van der Waals surface area (Å²) < 4.78 is 5.11. The minimum atomic E-state index is -1.12. The smallest absolute Gasteiger partial charge is 0.407 e. The molecule has 0 bridgehead atoms. The highest BCUT2D eigenvalue weighted by molar-refractivity contribution is 6.00. The highest BCUT2D eigenvalue weighted by Crippen LogP contribution is 2.18. The monoisotopic (exact) mass is 434 g/mol. The minimum absolute atomic E-state index is 0.159. The van der Waals surface area contributed by atoms with Gasteiger partial charge in [0.25, 0.3) is 5.91 Å². The topological polar surface area (TPSA) is 105 Å². The first-order valence-electron chi connectivity index (χ1n) is 10.4. The van der Waals surface area contributed by atoms with Crippen molar-refractivity contribution in [2.45, 2.75) is 32.4 Å². The van der Waals surface area contributed by atoms with Crippen LogP contribution in [0.1, 0.15) is 34.3 Å². The number of ether oxygens (including phenoxy) is 1. The zero-order valence-corrected chi connectivity index (χ0v) is 17.8. The summed E-state index contributed by atoms with van der Waals surface area (Å²) in [4.78, 5) is 35.9. The number of alkyl carbamates (subject to hydrolysis) is 1. The van der Waals surface area contributed by atoms with Crippen molar-refractivity contribution in [1.29, 1.82) is 0 Å². The Bertz CT molecular complexity index is 1100. The molecule has 0 aromatic heterocycles. The zero-order chi connectivity index (χ0) is 22.9. The molecule has 0 aliphatic heterocycles. The second-order valence-electron chi connectivity index (χ2n) is 7.56. The van der Waals surface area contributed by atoms with E-state index in [1.807, 2.05) is 61.5 Å². The van der Waals surface area contributed by atoms with Crippen LogP contribution in [-0.2, 0) is 16.1 Å². The summed E-state index contributed by atoms with van der Waals surface area (Å²) >= 11 is 0. The number of aryl methyl sites for hydroxylation is 1. The van der Waals surface area contributed by atoms with Gasteiger partial charge in [-0.05, 0) is 48.2 Å².